The van der Waals surface area contributed by atoms with Crippen molar-refractivity contribution >= 4 is 18.0 Å². The maximum atomic E-state index is 12.7. The van der Waals surface area contributed by atoms with Crippen molar-refractivity contribution in [2.24, 2.45) is 11.8 Å². The normalized spacial score (nSPS) is 24.9. The number of benzene rings is 2. The quantitative estimate of drug-likeness (QED) is 0.617. The van der Waals surface area contributed by atoms with Crippen LogP contribution in [0.1, 0.15) is 56.1 Å². The number of nitrogens with zero attached hydrogens (tertiary/aromatic N) is 1. The Bertz CT molecular complexity index is 1100. The molecule has 2 fully saturated rings. The number of amides is 2. The summed E-state index contributed by atoms with van der Waals surface area (Å²) in [7, 11) is 0. The van der Waals surface area contributed by atoms with Crippen molar-refractivity contribution < 1.29 is 24.2 Å². The van der Waals surface area contributed by atoms with Crippen LogP contribution >= 0.6 is 0 Å². The number of likely N-dealkylation sites (tertiary alicyclic amines) is 1. The van der Waals surface area contributed by atoms with Crippen LogP contribution in [0, 0.1) is 11.8 Å². The Labute approximate surface area is 205 Å². The molecule has 5 rings (SSSR count). The van der Waals surface area contributed by atoms with Crippen LogP contribution in [0.4, 0.5) is 4.79 Å². The van der Waals surface area contributed by atoms with E-state index in [-0.39, 0.29) is 17.7 Å². The molecule has 1 aliphatic heterocycles. The van der Waals surface area contributed by atoms with Crippen molar-refractivity contribution in [1.82, 2.24) is 10.2 Å². The van der Waals surface area contributed by atoms with Gasteiger partial charge >= 0.3 is 12.1 Å². The van der Waals surface area contributed by atoms with Crippen LogP contribution in [0.15, 0.2) is 48.5 Å². The number of alkyl carbamates (subject to hydrolysis) is 1. The number of nitrogens with one attached hydrogen (secondary N) is 1. The zero-order valence-electron chi connectivity index (χ0n) is 20.0. The molecule has 7 heteroatoms. The van der Waals surface area contributed by atoms with Gasteiger partial charge in [0.05, 0.1) is 0 Å². The second-order valence-electron chi connectivity index (χ2n) is 10.3. The molecule has 1 heterocycles. The maximum absolute atomic E-state index is 12.7. The van der Waals surface area contributed by atoms with Crippen molar-refractivity contribution in [3.8, 4) is 11.1 Å². The number of fused-ring (bicyclic) bond motifs is 3. The highest BCUT2D eigenvalue weighted by atomic mass is 16.5. The van der Waals surface area contributed by atoms with Crippen LogP contribution in [0.5, 0.6) is 0 Å². The van der Waals surface area contributed by atoms with Crippen molar-refractivity contribution in [3.63, 3.8) is 0 Å². The monoisotopic (exact) mass is 476 g/mol. The first kappa shape index (κ1) is 23.4. The molecule has 7 nitrogen and oxygen atoms in total. The lowest BCUT2D eigenvalue weighted by Crippen LogP contribution is -2.51. The minimum absolute atomic E-state index is 0.0364. The summed E-state index contributed by atoms with van der Waals surface area (Å²) in [5.74, 6) is -0.398. The Morgan fingerprint density at radius 2 is 1.66 bits per heavy atom. The van der Waals surface area contributed by atoms with Crippen molar-refractivity contribution in [3.05, 3.63) is 59.7 Å². The summed E-state index contributed by atoms with van der Waals surface area (Å²) >= 11 is 0. The zero-order chi connectivity index (χ0) is 24.6. The molecule has 2 aromatic rings. The molecule has 2 amide bonds. The molecule has 0 bridgehead atoms. The number of ether oxygens (including phenoxy) is 1. The second kappa shape index (κ2) is 9.36. The summed E-state index contributed by atoms with van der Waals surface area (Å²) in [5, 5.41) is 12.4. The third-order valence-electron chi connectivity index (χ3n) is 8.08. The molecule has 1 saturated heterocycles. The van der Waals surface area contributed by atoms with E-state index >= 15 is 0 Å². The fraction of sp³-hybridized carbons (Fsp3) is 0.464. The third kappa shape index (κ3) is 4.40. The maximum Gasteiger partial charge on any atom is 0.407 e. The molecule has 0 aromatic heterocycles. The Morgan fingerprint density at radius 1 is 1.03 bits per heavy atom. The topological polar surface area (TPSA) is 95.9 Å². The lowest BCUT2D eigenvalue weighted by atomic mass is 9.73. The van der Waals surface area contributed by atoms with E-state index < -0.39 is 17.6 Å². The summed E-state index contributed by atoms with van der Waals surface area (Å²) < 4.78 is 5.60. The highest BCUT2D eigenvalue weighted by molar-refractivity contribution is 5.87. The minimum atomic E-state index is -1.08. The molecule has 35 heavy (non-hydrogen) atoms. The Kier molecular flexibility index (Phi) is 6.26. The van der Waals surface area contributed by atoms with E-state index in [2.05, 4.69) is 29.6 Å². The average Bonchev–Trinajstić information content (AvgIpc) is 3.38. The van der Waals surface area contributed by atoms with E-state index in [0.29, 0.717) is 38.5 Å². The first-order chi connectivity index (χ1) is 16.9. The van der Waals surface area contributed by atoms with Crippen molar-refractivity contribution in [1.29, 1.82) is 0 Å². The van der Waals surface area contributed by atoms with Crippen LogP contribution in [0.25, 0.3) is 11.1 Å². The van der Waals surface area contributed by atoms with Gasteiger partial charge in [0.1, 0.15) is 12.1 Å². The van der Waals surface area contributed by atoms with E-state index in [4.69, 9.17) is 4.74 Å². The van der Waals surface area contributed by atoms with Gasteiger partial charge in [-0.25, -0.2) is 9.59 Å². The summed E-state index contributed by atoms with van der Waals surface area (Å²) in [5.41, 5.74) is 3.69. The standard InChI is InChI=1S/C28H32N2O5/c1-28(26(32)33)11-6-12-30(28)25(31)15-18-13-19(14-18)16-29-27(34)35-17-24-22-9-4-2-7-20(22)21-8-3-5-10-23(21)24/h2-5,7-10,18-19,24H,6,11-17H2,1H3,(H,29,34)(H,32,33)/t18?,19?,28-/m1/s1. The molecule has 0 unspecified atom stereocenters. The first-order valence-electron chi connectivity index (χ1n) is 12.5. The Balaban J connectivity index is 1.06. The molecule has 184 valence electrons. The highest BCUT2D eigenvalue weighted by Gasteiger charge is 2.46. The molecule has 0 spiro atoms. The lowest BCUT2D eigenvalue weighted by Gasteiger charge is -2.38. The van der Waals surface area contributed by atoms with Crippen LogP contribution in [0.3, 0.4) is 0 Å². The van der Waals surface area contributed by atoms with E-state index in [9.17, 15) is 19.5 Å². The predicted molar refractivity (Wildman–Crippen MR) is 131 cm³/mol. The number of hydrogen-bond acceptors (Lipinski definition) is 4. The fourth-order valence-electron chi connectivity index (χ4n) is 6.03. The number of carbonyl (C=O) groups excluding carboxylic acids is 2. The fourth-order valence-corrected chi connectivity index (χ4v) is 6.03. The number of carboxylic acids is 1. The smallest absolute Gasteiger partial charge is 0.407 e. The zero-order valence-corrected chi connectivity index (χ0v) is 20.0. The van der Waals surface area contributed by atoms with E-state index in [1.54, 1.807) is 6.92 Å². The van der Waals surface area contributed by atoms with Crippen LogP contribution in [0.2, 0.25) is 0 Å². The SMILES string of the molecule is C[C@]1(C(=O)O)CCCN1C(=O)CC1CC(CNC(=O)OCC2c3ccccc3-c3ccccc32)C1. The second-order valence-corrected chi connectivity index (χ2v) is 10.3. The van der Waals surface area contributed by atoms with Crippen LogP contribution in [-0.4, -0.2) is 53.2 Å². The number of aliphatic carboxylic acids is 1. The molecule has 2 aliphatic carbocycles. The van der Waals surface area contributed by atoms with Crippen molar-refractivity contribution in [2.45, 2.75) is 50.5 Å². The molecular formula is C28H32N2O5. The van der Waals surface area contributed by atoms with E-state index in [1.165, 1.54) is 27.2 Å². The Morgan fingerprint density at radius 3 is 2.29 bits per heavy atom. The van der Waals surface area contributed by atoms with Gasteiger partial charge in [-0.3, -0.25) is 4.79 Å². The predicted octanol–water partition coefficient (Wildman–Crippen LogP) is 4.41. The molecule has 3 aliphatic rings. The minimum Gasteiger partial charge on any atom is -0.480 e. The highest BCUT2D eigenvalue weighted by Crippen LogP contribution is 2.44. The van der Waals surface area contributed by atoms with Gasteiger partial charge in [0.2, 0.25) is 5.91 Å². The van der Waals surface area contributed by atoms with Gasteiger partial charge in [0, 0.05) is 25.4 Å². The van der Waals surface area contributed by atoms with Crippen molar-refractivity contribution in [2.75, 3.05) is 19.7 Å². The van der Waals surface area contributed by atoms with Gasteiger partial charge in [-0.05, 0) is 66.7 Å². The van der Waals surface area contributed by atoms with Gasteiger partial charge < -0.3 is 20.1 Å². The lowest BCUT2D eigenvalue weighted by molar-refractivity contribution is -0.156. The molecule has 1 atom stereocenters. The number of carbonyl (C=O) groups is 3. The summed E-state index contributed by atoms with van der Waals surface area (Å²) in [6, 6.07) is 16.5. The summed E-state index contributed by atoms with van der Waals surface area (Å²) in [4.78, 5) is 38.2. The van der Waals surface area contributed by atoms with Gasteiger partial charge in [-0.2, -0.15) is 0 Å². The average molecular weight is 477 g/mol. The van der Waals surface area contributed by atoms with Crippen LogP contribution < -0.4 is 5.32 Å². The van der Waals surface area contributed by atoms with Gasteiger partial charge in [-0.15, -0.1) is 0 Å². The van der Waals surface area contributed by atoms with E-state index in [1.807, 2.05) is 24.3 Å². The number of hydrogen-bond donors (Lipinski definition) is 2. The summed E-state index contributed by atoms with van der Waals surface area (Å²) in [6.45, 7) is 2.97. The summed E-state index contributed by atoms with van der Waals surface area (Å²) in [6.07, 6.45) is 2.91. The molecule has 2 N–H and O–H groups in total. The Hall–Kier alpha value is -3.35. The number of carboxylic acid groups (broad SMARTS) is 1. The third-order valence-corrected chi connectivity index (χ3v) is 8.08. The van der Waals surface area contributed by atoms with Gasteiger partial charge in [0.25, 0.3) is 0 Å². The first-order valence-corrected chi connectivity index (χ1v) is 12.5. The van der Waals surface area contributed by atoms with Gasteiger partial charge in [0.15, 0.2) is 0 Å². The number of rotatable bonds is 7. The van der Waals surface area contributed by atoms with E-state index in [0.717, 1.165) is 19.3 Å². The molecule has 2 aromatic carbocycles. The van der Waals surface area contributed by atoms with Crippen LogP contribution in [-0.2, 0) is 14.3 Å². The van der Waals surface area contributed by atoms with Gasteiger partial charge in [-0.1, -0.05) is 48.5 Å². The largest absolute Gasteiger partial charge is 0.480 e. The molecule has 0 radical (unpaired) electrons. The molecular weight excluding hydrogens is 444 g/mol. The molecule has 1 saturated carbocycles.